The van der Waals surface area contributed by atoms with Crippen LogP contribution in [0.1, 0.15) is 19.8 Å². The van der Waals surface area contributed by atoms with Gasteiger partial charge in [0, 0.05) is 12.6 Å². The number of nitrogens with two attached hydrogens (primary N) is 1. The molecule has 1 fully saturated rings. The summed E-state index contributed by atoms with van der Waals surface area (Å²) >= 11 is 0. The van der Waals surface area contributed by atoms with Gasteiger partial charge >= 0.3 is 6.03 Å². The highest BCUT2D eigenvalue weighted by atomic mass is 16.2. The molecule has 0 atom stereocenters. The number of rotatable bonds is 4. The Morgan fingerprint density at radius 2 is 2.31 bits per heavy atom. The predicted molar refractivity (Wildman–Crippen MR) is 50.7 cm³/mol. The van der Waals surface area contributed by atoms with Crippen molar-refractivity contribution in [2.24, 2.45) is 5.73 Å². The number of amidine groups is 1. The van der Waals surface area contributed by atoms with Gasteiger partial charge in [0.2, 0.25) is 0 Å². The summed E-state index contributed by atoms with van der Waals surface area (Å²) in [6, 6.07) is 0.244. The molecule has 5 heteroatoms. The van der Waals surface area contributed by atoms with Crippen LogP contribution >= 0.6 is 0 Å². The second kappa shape index (κ2) is 4.11. The maximum absolute atomic E-state index is 11.4. The average molecular weight is 184 g/mol. The first kappa shape index (κ1) is 9.83. The van der Waals surface area contributed by atoms with E-state index in [0.29, 0.717) is 12.6 Å². The summed E-state index contributed by atoms with van der Waals surface area (Å²) in [5.41, 5.74) is 5.21. The van der Waals surface area contributed by atoms with Gasteiger partial charge in [-0.3, -0.25) is 5.41 Å². The fraction of sp³-hybridized carbons (Fsp3) is 0.750. The molecule has 1 rings (SSSR count). The summed E-state index contributed by atoms with van der Waals surface area (Å²) in [6.07, 6.45) is 2.15. The number of hydrogen-bond donors (Lipinski definition) is 3. The average Bonchev–Trinajstić information content (AvgIpc) is 2.83. The van der Waals surface area contributed by atoms with Crippen LogP contribution in [0.4, 0.5) is 4.79 Å². The third kappa shape index (κ3) is 3.31. The molecule has 74 valence electrons. The second-order valence-corrected chi connectivity index (χ2v) is 3.26. The standard InChI is InChI=1S/C8H16N4O/c1-2-12(5-7(9)10)8(13)11-6-3-4-6/h6H,2-5H2,1H3,(H3,9,10)(H,11,13). The van der Waals surface area contributed by atoms with Gasteiger partial charge in [-0.2, -0.15) is 0 Å². The minimum atomic E-state index is -0.111. The van der Waals surface area contributed by atoms with Crippen LogP contribution in [0.5, 0.6) is 0 Å². The van der Waals surface area contributed by atoms with E-state index in [1.54, 1.807) is 0 Å². The van der Waals surface area contributed by atoms with E-state index in [1.165, 1.54) is 4.90 Å². The van der Waals surface area contributed by atoms with Crippen molar-refractivity contribution >= 4 is 11.9 Å². The summed E-state index contributed by atoms with van der Waals surface area (Å²) in [5.74, 6) is 0.0211. The molecule has 0 aromatic heterocycles. The number of nitrogens with one attached hydrogen (secondary N) is 2. The summed E-state index contributed by atoms with van der Waals surface area (Å²) in [6.45, 7) is 2.67. The molecule has 0 bridgehead atoms. The zero-order valence-corrected chi connectivity index (χ0v) is 7.84. The summed E-state index contributed by atoms with van der Waals surface area (Å²) in [7, 11) is 0. The van der Waals surface area contributed by atoms with Crippen LogP contribution in [0, 0.1) is 5.41 Å². The number of likely N-dealkylation sites (N-methyl/N-ethyl adjacent to an activating group) is 1. The van der Waals surface area contributed by atoms with E-state index in [4.69, 9.17) is 11.1 Å². The third-order valence-electron chi connectivity index (χ3n) is 1.94. The van der Waals surface area contributed by atoms with E-state index in [2.05, 4.69) is 5.32 Å². The van der Waals surface area contributed by atoms with Crippen molar-refractivity contribution in [1.29, 1.82) is 5.41 Å². The Balaban J connectivity index is 2.34. The van der Waals surface area contributed by atoms with Crippen LogP contribution in [0.25, 0.3) is 0 Å². The Bertz CT molecular complexity index is 212. The first-order valence-electron chi connectivity index (χ1n) is 4.51. The Morgan fingerprint density at radius 1 is 1.69 bits per heavy atom. The van der Waals surface area contributed by atoms with Crippen molar-refractivity contribution in [1.82, 2.24) is 10.2 Å². The molecule has 4 N–H and O–H groups in total. The fourth-order valence-electron chi connectivity index (χ4n) is 1.03. The van der Waals surface area contributed by atoms with Crippen molar-refractivity contribution in [2.75, 3.05) is 13.1 Å². The highest BCUT2D eigenvalue weighted by molar-refractivity contribution is 5.84. The molecule has 13 heavy (non-hydrogen) atoms. The number of urea groups is 1. The van der Waals surface area contributed by atoms with Gasteiger partial charge in [0.05, 0.1) is 6.54 Å². The zero-order valence-electron chi connectivity index (χ0n) is 7.84. The quantitative estimate of drug-likeness (QED) is 0.428. The minimum absolute atomic E-state index is 0.0211. The van der Waals surface area contributed by atoms with Crippen molar-refractivity contribution in [3.8, 4) is 0 Å². The van der Waals surface area contributed by atoms with Crippen LogP contribution in [-0.2, 0) is 0 Å². The van der Waals surface area contributed by atoms with Gasteiger partial charge in [-0.1, -0.05) is 0 Å². The molecule has 0 saturated heterocycles. The van der Waals surface area contributed by atoms with Crippen LogP contribution in [0.15, 0.2) is 0 Å². The lowest BCUT2D eigenvalue weighted by molar-refractivity contribution is 0.206. The van der Waals surface area contributed by atoms with Gasteiger partial charge < -0.3 is 16.0 Å². The molecule has 0 unspecified atom stereocenters. The molecule has 1 saturated carbocycles. The predicted octanol–water partition coefficient (Wildman–Crippen LogP) is 0.116. The molecular weight excluding hydrogens is 168 g/mol. The SMILES string of the molecule is CCN(CC(=N)N)C(=O)NC1CC1. The third-order valence-corrected chi connectivity index (χ3v) is 1.94. The van der Waals surface area contributed by atoms with E-state index in [1.807, 2.05) is 6.92 Å². The summed E-state index contributed by atoms with van der Waals surface area (Å²) in [4.78, 5) is 13.0. The number of carbonyl (C=O) groups is 1. The van der Waals surface area contributed by atoms with Crippen LogP contribution in [0.3, 0.4) is 0 Å². The molecule has 2 amide bonds. The lowest BCUT2D eigenvalue weighted by atomic mass is 10.5. The maximum atomic E-state index is 11.4. The van der Waals surface area contributed by atoms with Crippen molar-refractivity contribution in [3.63, 3.8) is 0 Å². The largest absolute Gasteiger partial charge is 0.386 e. The van der Waals surface area contributed by atoms with E-state index in [0.717, 1.165) is 12.8 Å². The van der Waals surface area contributed by atoms with Crippen molar-refractivity contribution in [3.05, 3.63) is 0 Å². The lowest BCUT2D eigenvalue weighted by Crippen LogP contribution is -2.44. The number of hydrogen-bond acceptors (Lipinski definition) is 2. The zero-order chi connectivity index (χ0) is 9.84. The molecule has 1 aliphatic carbocycles. The van der Waals surface area contributed by atoms with Crippen LogP contribution in [-0.4, -0.2) is 35.9 Å². The topological polar surface area (TPSA) is 82.2 Å². The first-order chi connectivity index (χ1) is 6.13. The Kier molecular flexibility index (Phi) is 3.11. The van der Waals surface area contributed by atoms with Gasteiger partial charge in [0.25, 0.3) is 0 Å². The number of carbonyl (C=O) groups excluding carboxylic acids is 1. The van der Waals surface area contributed by atoms with E-state index < -0.39 is 0 Å². The molecule has 5 nitrogen and oxygen atoms in total. The summed E-state index contributed by atoms with van der Waals surface area (Å²) in [5, 5.41) is 9.92. The molecule has 0 radical (unpaired) electrons. The van der Waals surface area contributed by atoms with Gasteiger partial charge in [-0.05, 0) is 19.8 Å². The number of nitrogens with zero attached hydrogens (tertiary/aromatic N) is 1. The molecule has 0 heterocycles. The maximum Gasteiger partial charge on any atom is 0.318 e. The second-order valence-electron chi connectivity index (χ2n) is 3.26. The minimum Gasteiger partial charge on any atom is -0.386 e. The van der Waals surface area contributed by atoms with Gasteiger partial charge in [0.1, 0.15) is 5.84 Å². The monoisotopic (exact) mass is 184 g/mol. The van der Waals surface area contributed by atoms with Gasteiger partial charge in [0.15, 0.2) is 0 Å². The van der Waals surface area contributed by atoms with Crippen LogP contribution in [0.2, 0.25) is 0 Å². The summed E-state index contributed by atoms with van der Waals surface area (Å²) < 4.78 is 0. The van der Waals surface area contributed by atoms with Crippen molar-refractivity contribution < 1.29 is 4.79 Å². The lowest BCUT2D eigenvalue weighted by Gasteiger charge is -2.20. The molecule has 1 aliphatic rings. The number of amides is 2. The van der Waals surface area contributed by atoms with Crippen molar-refractivity contribution in [2.45, 2.75) is 25.8 Å². The van der Waals surface area contributed by atoms with Gasteiger partial charge in [-0.25, -0.2) is 4.79 Å². The molecule has 0 aromatic carbocycles. The highest BCUT2D eigenvalue weighted by Crippen LogP contribution is 2.18. The van der Waals surface area contributed by atoms with Gasteiger partial charge in [-0.15, -0.1) is 0 Å². The fourth-order valence-corrected chi connectivity index (χ4v) is 1.03. The molecular formula is C8H16N4O. The van der Waals surface area contributed by atoms with E-state index in [-0.39, 0.29) is 18.4 Å². The van der Waals surface area contributed by atoms with Crippen LogP contribution < -0.4 is 11.1 Å². The molecule has 0 aromatic rings. The Morgan fingerprint density at radius 3 is 2.69 bits per heavy atom. The normalized spacial score (nSPS) is 15.2. The molecule has 0 aliphatic heterocycles. The smallest absolute Gasteiger partial charge is 0.318 e. The van der Waals surface area contributed by atoms with E-state index >= 15 is 0 Å². The van der Waals surface area contributed by atoms with E-state index in [9.17, 15) is 4.79 Å². The first-order valence-corrected chi connectivity index (χ1v) is 4.51. The molecule has 0 spiro atoms. The Hall–Kier alpha value is -1.26. The Labute approximate surface area is 77.8 Å². The highest BCUT2D eigenvalue weighted by Gasteiger charge is 2.25.